The van der Waals surface area contributed by atoms with Crippen molar-refractivity contribution in [2.24, 2.45) is 4.99 Å². The molecule has 0 saturated heterocycles. The molecule has 0 atom stereocenters. The van der Waals surface area contributed by atoms with Crippen molar-refractivity contribution in [3.05, 3.63) is 72.2 Å². The molecule has 0 spiro atoms. The zero-order valence-electron chi connectivity index (χ0n) is 15.5. The van der Waals surface area contributed by atoms with Crippen LogP contribution in [0, 0.1) is 0 Å². The van der Waals surface area contributed by atoms with Gasteiger partial charge in [0.1, 0.15) is 0 Å². The summed E-state index contributed by atoms with van der Waals surface area (Å²) in [5.41, 5.74) is 2.59. The number of nitrogens with zero attached hydrogens (tertiary/aromatic N) is 2. The Kier molecular flexibility index (Phi) is 7.15. The maximum atomic E-state index is 12.8. The number of aryl methyl sites for hydroxylation is 1. The molecule has 0 saturated carbocycles. The van der Waals surface area contributed by atoms with Crippen molar-refractivity contribution in [3.63, 3.8) is 0 Å². The first-order valence-corrected chi connectivity index (χ1v) is 11.3. The van der Waals surface area contributed by atoms with E-state index in [1.54, 1.807) is 29.5 Å². The van der Waals surface area contributed by atoms with Gasteiger partial charge < -0.3 is 4.57 Å². The molecule has 0 radical (unpaired) electrons. The summed E-state index contributed by atoms with van der Waals surface area (Å²) in [4.78, 5) is 19.1. The van der Waals surface area contributed by atoms with Crippen molar-refractivity contribution in [3.8, 4) is 11.3 Å². The van der Waals surface area contributed by atoms with Crippen LogP contribution in [0.2, 0.25) is 10.0 Å². The van der Waals surface area contributed by atoms with E-state index in [2.05, 4.69) is 51.5 Å². The van der Waals surface area contributed by atoms with Gasteiger partial charge in [-0.2, -0.15) is 4.99 Å². The summed E-state index contributed by atoms with van der Waals surface area (Å²) in [5.74, 6) is -0.365. The van der Waals surface area contributed by atoms with Gasteiger partial charge in [0, 0.05) is 20.9 Å². The van der Waals surface area contributed by atoms with Crippen molar-refractivity contribution in [2.45, 2.75) is 33.2 Å². The highest BCUT2D eigenvalue weighted by Gasteiger charge is 2.16. The molecule has 1 heterocycles. The first-order chi connectivity index (χ1) is 13.4. The molecule has 0 aliphatic heterocycles. The summed E-state index contributed by atoms with van der Waals surface area (Å²) < 4.78 is 3.13. The summed E-state index contributed by atoms with van der Waals surface area (Å²) >= 11 is 17.2. The molecule has 146 valence electrons. The van der Waals surface area contributed by atoms with Crippen molar-refractivity contribution in [1.29, 1.82) is 0 Å². The normalized spacial score (nSPS) is 11.8. The number of benzene rings is 2. The molecule has 1 aromatic heterocycles. The second-order valence-corrected chi connectivity index (χ2v) is 9.02. The number of amides is 1. The number of thiazole rings is 1. The first-order valence-electron chi connectivity index (χ1n) is 8.97. The van der Waals surface area contributed by atoms with Crippen LogP contribution in [0.25, 0.3) is 11.3 Å². The van der Waals surface area contributed by atoms with Crippen LogP contribution in [0.3, 0.4) is 0 Å². The van der Waals surface area contributed by atoms with E-state index >= 15 is 0 Å². The zero-order chi connectivity index (χ0) is 20.3. The quantitative estimate of drug-likeness (QED) is 0.373. The Morgan fingerprint density at radius 1 is 1.14 bits per heavy atom. The van der Waals surface area contributed by atoms with Gasteiger partial charge in [-0.3, -0.25) is 4.79 Å². The minimum absolute atomic E-state index is 0.308. The standard InChI is InChI=1S/C21H19BrCl2N2OS/c1-3-5-18-19(13-6-8-14(22)9-7-13)26(4-2)21(28-18)25-20(27)16-11-10-15(23)12-17(16)24/h6-12H,3-5H2,1-2H3. The summed E-state index contributed by atoms with van der Waals surface area (Å²) in [6.07, 6.45) is 1.95. The molecular weight excluding hydrogens is 479 g/mol. The lowest BCUT2D eigenvalue weighted by Crippen LogP contribution is -2.17. The predicted molar refractivity (Wildman–Crippen MR) is 121 cm³/mol. The fraction of sp³-hybridized carbons (Fsp3) is 0.238. The van der Waals surface area contributed by atoms with E-state index in [-0.39, 0.29) is 5.91 Å². The Morgan fingerprint density at radius 2 is 1.86 bits per heavy atom. The SMILES string of the molecule is CCCc1sc(=NC(=O)c2ccc(Cl)cc2Cl)n(CC)c1-c1ccc(Br)cc1. The van der Waals surface area contributed by atoms with Gasteiger partial charge in [-0.05, 0) is 49.2 Å². The molecule has 0 aliphatic carbocycles. The highest BCUT2D eigenvalue weighted by Crippen LogP contribution is 2.29. The van der Waals surface area contributed by atoms with E-state index in [0.29, 0.717) is 27.0 Å². The minimum atomic E-state index is -0.365. The maximum Gasteiger partial charge on any atom is 0.281 e. The Labute approximate surface area is 186 Å². The Balaban J connectivity index is 2.15. The molecule has 1 amide bonds. The highest BCUT2D eigenvalue weighted by atomic mass is 79.9. The predicted octanol–water partition coefficient (Wildman–Crippen LogP) is 7.00. The lowest BCUT2D eigenvalue weighted by Gasteiger charge is -2.09. The fourth-order valence-corrected chi connectivity index (χ4v) is 5.03. The maximum absolute atomic E-state index is 12.8. The Hall–Kier alpha value is -1.40. The lowest BCUT2D eigenvalue weighted by atomic mass is 10.1. The number of carbonyl (C=O) groups excluding carboxylic acids is 1. The summed E-state index contributed by atoms with van der Waals surface area (Å²) in [5, 5.41) is 0.798. The van der Waals surface area contributed by atoms with Crippen molar-refractivity contribution >= 4 is 56.4 Å². The van der Waals surface area contributed by atoms with Crippen LogP contribution in [-0.4, -0.2) is 10.5 Å². The monoisotopic (exact) mass is 496 g/mol. The minimum Gasteiger partial charge on any atom is -0.316 e. The Morgan fingerprint density at radius 3 is 2.46 bits per heavy atom. The van der Waals surface area contributed by atoms with Gasteiger partial charge in [0.05, 0.1) is 16.3 Å². The van der Waals surface area contributed by atoms with Gasteiger partial charge in [-0.1, -0.05) is 64.6 Å². The summed E-state index contributed by atoms with van der Waals surface area (Å²) in [7, 11) is 0. The van der Waals surface area contributed by atoms with Crippen LogP contribution in [0.15, 0.2) is 51.9 Å². The van der Waals surface area contributed by atoms with Gasteiger partial charge in [0.25, 0.3) is 5.91 Å². The number of aromatic nitrogens is 1. The molecule has 0 N–H and O–H groups in total. The number of hydrogen-bond donors (Lipinski definition) is 0. The largest absolute Gasteiger partial charge is 0.316 e. The first kappa shape index (κ1) is 21.3. The third kappa shape index (κ3) is 4.60. The summed E-state index contributed by atoms with van der Waals surface area (Å²) in [6.45, 7) is 4.92. The average molecular weight is 498 g/mol. The number of carbonyl (C=O) groups is 1. The second-order valence-electron chi connectivity index (χ2n) is 6.20. The van der Waals surface area contributed by atoms with Crippen molar-refractivity contribution in [1.82, 2.24) is 4.57 Å². The molecule has 0 aliphatic rings. The van der Waals surface area contributed by atoms with Gasteiger partial charge in [-0.25, -0.2) is 0 Å². The third-order valence-corrected chi connectivity index (χ3v) is 6.46. The van der Waals surface area contributed by atoms with E-state index in [4.69, 9.17) is 23.2 Å². The van der Waals surface area contributed by atoms with Crippen LogP contribution in [0.5, 0.6) is 0 Å². The third-order valence-electron chi connectivity index (χ3n) is 4.25. The van der Waals surface area contributed by atoms with E-state index in [1.807, 2.05) is 12.1 Å². The number of halogens is 3. The van der Waals surface area contributed by atoms with E-state index in [9.17, 15) is 4.79 Å². The van der Waals surface area contributed by atoms with Crippen LogP contribution >= 0.6 is 50.5 Å². The van der Waals surface area contributed by atoms with Crippen LogP contribution < -0.4 is 4.80 Å². The molecule has 28 heavy (non-hydrogen) atoms. The molecule has 7 heteroatoms. The molecule has 3 nitrogen and oxygen atoms in total. The molecule has 3 rings (SSSR count). The van der Waals surface area contributed by atoms with E-state index in [1.165, 1.54) is 4.88 Å². The Bertz CT molecular complexity index is 1070. The molecule has 2 aromatic carbocycles. The fourth-order valence-electron chi connectivity index (χ4n) is 2.97. The van der Waals surface area contributed by atoms with Gasteiger partial charge in [0.2, 0.25) is 0 Å². The van der Waals surface area contributed by atoms with Crippen molar-refractivity contribution < 1.29 is 4.79 Å². The lowest BCUT2D eigenvalue weighted by molar-refractivity contribution is 0.0998. The average Bonchev–Trinajstić information content (AvgIpc) is 2.99. The van der Waals surface area contributed by atoms with Crippen LogP contribution in [0.4, 0.5) is 0 Å². The van der Waals surface area contributed by atoms with Gasteiger partial charge in [0.15, 0.2) is 4.80 Å². The molecule has 3 aromatic rings. The van der Waals surface area contributed by atoms with E-state index < -0.39 is 0 Å². The van der Waals surface area contributed by atoms with Crippen molar-refractivity contribution in [2.75, 3.05) is 0 Å². The highest BCUT2D eigenvalue weighted by molar-refractivity contribution is 9.10. The van der Waals surface area contributed by atoms with Gasteiger partial charge in [-0.15, -0.1) is 11.3 Å². The second kappa shape index (κ2) is 9.40. The zero-order valence-corrected chi connectivity index (χ0v) is 19.4. The van der Waals surface area contributed by atoms with E-state index in [0.717, 1.165) is 28.6 Å². The number of rotatable bonds is 5. The smallest absolute Gasteiger partial charge is 0.281 e. The molecule has 0 fully saturated rings. The number of hydrogen-bond acceptors (Lipinski definition) is 2. The van der Waals surface area contributed by atoms with Crippen LogP contribution in [-0.2, 0) is 13.0 Å². The topological polar surface area (TPSA) is 34.4 Å². The summed E-state index contributed by atoms with van der Waals surface area (Å²) in [6, 6.07) is 13.0. The van der Waals surface area contributed by atoms with Gasteiger partial charge >= 0.3 is 0 Å². The van der Waals surface area contributed by atoms with Crippen LogP contribution in [0.1, 0.15) is 35.5 Å². The molecule has 0 unspecified atom stereocenters. The molecule has 0 bridgehead atoms. The molecular formula is C21H19BrCl2N2OS.